The minimum Gasteiger partial charge on any atom is -0.293 e. The van der Waals surface area contributed by atoms with Gasteiger partial charge in [0.15, 0.2) is 0 Å². The maximum Gasteiger partial charge on any atom is 0.115 e. The second-order valence-corrected chi connectivity index (χ2v) is 4.31. The van der Waals surface area contributed by atoms with E-state index < -0.39 is 0 Å². The second-order valence-electron chi connectivity index (χ2n) is 4.31. The first kappa shape index (κ1) is 10.4. The summed E-state index contributed by atoms with van der Waals surface area (Å²) in [6.45, 7) is 2.95. The molecule has 0 radical (unpaired) electrons. The summed E-state index contributed by atoms with van der Waals surface area (Å²) < 4.78 is 0. The Labute approximate surface area is 100 Å². The Morgan fingerprint density at radius 1 is 1.18 bits per heavy atom. The van der Waals surface area contributed by atoms with Crippen LogP contribution >= 0.6 is 0 Å². The summed E-state index contributed by atoms with van der Waals surface area (Å²) in [5.41, 5.74) is 3.76. The number of hydrogen-bond donors (Lipinski definition) is 0. The highest BCUT2D eigenvalue weighted by Crippen LogP contribution is 2.17. The van der Waals surface area contributed by atoms with Crippen molar-refractivity contribution in [3.63, 3.8) is 0 Å². The summed E-state index contributed by atoms with van der Waals surface area (Å²) in [4.78, 5) is 14.9. The molecule has 17 heavy (non-hydrogen) atoms. The quantitative estimate of drug-likeness (QED) is 0.777. The van der Waals surface area contributed by atoms with E-state index in [0.29, 0.717) is 0 Å². The van der Waals surface area contributed by atoms with E-state index in [2.05, 4.69) is 32.0 Å². The second kappa shape index (κ2) is 4.59. The summed E-state index contributed by atoms with van der Waals surface area (Å²) in [6, 6.07) is 4.13. The van der Waals surface area contributed by atoms with Crippen LogP contribution < -0.4 is 0 Å². The lowest BCUT2D eigenvalue weighted by atomic mass is 10.1. The Bertz CT molecular complexity index is 498. The van der Waals surface area contributed by atoms with Gasteiger partial charge in [0, 0.05) is 38.2 Å². The summed E-state index contributed by atoms with van der Waals surface area (Å²) in [5.74, 6) is 0. The third-order valence-electron chi connectivity index (χ3n) is 3.11. The van der Waals surface area contributed by atoms with Gasteiger partial charge in [-0.05, 0) is 29.7 Å². The van der Waals surface area contributed by atoms with E-state index >= 15 is 0 Å². The van der Waals surface area contributed by atoms with Gasteiger partial charge < -0.3 is 0 Å². The van der Waals surface area contributed by atoms with Crippen LogP contribution in [0.1, 0.15) is 16.8 Å². The monoisotopic (exact) mass is 226 g/mol. The van der Waals surface area contributed by atoms with Crippen LogP contribution in [0.15, 0.2) is 37.1 Å². The average molecular weight is 226 g/mol. The van der Waals surface area contributed by atoms with E-state index in [1.807, 2.05) is 18.6 Å². The van der Waals surface area contributed by atoms with Crippen LogP contribution in [0, 0.1) is 0 Å². The molecule has 1 aliphatic heterocycles. The van der Waals surface area contributed by atoms with Crippen molar-refractivity contribution in [2.24, 2.45) is 0 Å². The first-order valence-electron chi connectivity index (χ1n) is 5.81. The zero-order chi connectivity index (χ0) is 11.5. The molecule has 0 amide bonds. The van der Waals surface area contributed by atoms with E-state index in [1.165, 1.54) is 16.8 Å². The number of nitrogens with zero attached hydrogens (tertiary/aromatic N) is 4. The van der Waals surface area contributed by atoms with Gasteiger partial charge in [0.2, 0.25) is 0 Å². The molecule has 0 fully saturated rings. The van der Waals surface area contributed by atoms with Crippen LogP contribution in [0.4, 0.5) is 0 Å². The summed E-state index contributed by atoms with van der Waals surface area (Å²) in [5, 5.41) is 0. The van der Waals surface area contributed by atoms with E-state index in [-0.39, 0.29) is 0 Å². The largest absolute Gasteiger partial charge is 0.293 e. The Morgan fingerprint density at radius 3 is 2.94 bits per heavy atom. The fourth-order valence-corrected chi connectivity index (χ4v) is 2.19. The highest BCUT2D eigenvalue weighted by Gasteiger charge is 2.16. The number of rotatable bonds is 2. The molecule has 3 heterocycles. The Balaban J connectivity index is 1.72. The lowest BCUT2D eigenvalue weighted by Crippen LogP contribution is -2.30. The van der Waals surface area contributed by atoms with E-state index in [9.17, 15) is 0 Å². The first-order chi connectivity index (χ1) is 8.42. The van der Waals surface area contributed by atoms with Crippen molar-refractivity contribution in [2.45, 2.75) is 19.5 Å². The van der Waals surface area contributed by atoms with Gasteiger partial charge in [0.05, 0.1) is 5.69 Å². The molecule has 1 aliphatic rings. The van der Waals surface area contributed by atoms with Crippen LogP contribution in [0.5, 0.6) is 0 Å². The lowest BCUT2D eigenvalue weighted by Gasteiger charge is -2.27. The first-order valence-corrected chi connectivity index (χ1v) is 5.81. The van der Waals surface area contributed by atoms with Gasteiger partial charge in [0.25, 0.3) is 0 Å². The van der Waals surface area contributed by atoms with Crippen molar-refractivity contribution < 1.29 is 0 Å². The van der Waals surface area contributed by atoms with Crippen molar-refractivity contribution in [3.8, 4) is 0 Å². The summed E-state index contributed by atoms with van der Waals surface area (Å²) in [6.07, 6.45) is 8.30. The molecule has 2 aromatic rings. The van der Waals surface area contributed by atoms with Crippen LogP contribution in [0.3, 0.4) is 0 Å². The molecule has 0 atom stereocenters. The smallest absolute Gasteiger partial charge is 0.115 e. The zero-order valence-electron chi connectivity index (χ0n) is 9.58. The molecule has 0 spiro atoms. The topological polar surface area (TPSA) is 41.9 Å². The maximum atomic E-state index is 4.35. The minimum absolute atomic E-state index is 0.917. The van der Waals surface area contributed by atoms with Crippen LogP contribution in [0.25, 0.3) is 0 Å². The van der Waals surface area contributed by atoms with Crippen molar-refractivity contribution in [2.75, 3.05) is 6.54 Å². The number of aromatic nitrogens is 3. The van der Waals surface area contributed by atoms with Crippen LogP contribution in [-0.4, -0.2) is 26.4 Å². The molecule has 0 bridgehead atoms. The Morgan fingerprint density at radius 2 is 2.06 bits per heavy atom. The molecule has 0 N–H and O–H groups in total. The molecule has 0 saturated heterocycles. The van der Waals surface area contributed by atoms with Gasteiger partial charge in [-0.25, -0.2) is 9.97 Å². The maximum absolute atomic E-state index is 4.35. The normalized spacial score (nSPS) is 15.5. The third kappa shape index (κ3) is 2.31. The van der Waals surface area contributed by atoms with Crippen LogP contribution in [0.2, 0.25) is 0 Å². The summed E-state index contributed by atoms with van der Waals surface area (Å²) in [7, 11) is 0. The third-order valence-corrected chi connectivity index (χ3v) is 3.11. The standard InChI is InChI=1S/C13H14N4/c1-4-14-5-2-11(1)8-17-6-3-12-7-15-10-16-13(12)9-17/h1-2,4-5,7,10H,3,6,8-9H2. The van der Waals surface area contributed by atoms with E-state index in [1.54, 1.807) is 6.33 Å². The zero-order valence-corrected chi connectivity index (χ0v) is 9.58. The highest BCUT2D eigenvalue weighted by atomic mass is 15.1. The average Bonchev–Trinajstić information content (AvgIpc) is 2.40. The molecule has 0 aliphatic carbocycles. The van der Waals surface area contributed by atoms with E-state index in [4.69, 9.17) is 0 Å². The summed E-state index contributed by atoms with van der Waals surface area (Å²) >= 11 is 0. The minimum atomic E-state index is 0.917. The van der Waals surface area contributed by atoms with Crippen molar-refractivity contribution in [1.29, 1.82) is 0 Å². The Kier molecular flexibility index (Phi) is 2.80. The van der Waals surface area contributed by atoms with Crippen LogP contribution in [-0.2, 0) is 19.5 Å². The molecule has 4 heteroatoms. The molecule has 3 rings (SSSR count). The van der Waals surface area contributed by atoms with Gasteiger partial charge in [-0.2, -0.15) is 0 Å². The predicted octanol–water partition coefficient (Wildman–Crippen LogP) is 1.43. The molecule has 0 aromatic carbocycles. The van der Waals surface area contributed by atoms with Gasteiger partial charge in [-0.15, -0.1) is 0 Å². The SMILES string of the molecule is c1cc(CN2CCc3cncnc3C2)ccn1. The van der Waals surface area contributed by atoms with Crippen molar-refractivity contribution in [1.82, 2.24) is 19.9 Å². The molecule has 86 valence electrons. The fraction of sp³-hybridized carbons (Fsp3) is 0.308. The van der Waals surface area contributed by atoms with Gasteiger partial charge in [-0.1, -0.05) is 0 Å². The van der Waals surface area contributed by atoms with Gasteiger partial charge >= 0.3 is 0 Å². The molecule has 0 unspecified atom stereocenters. The predicted molar refractivity (Wildman–Crippen MR) is 64.1 cm³/mol. The molecular formula is C13H14N4. The number of pyridine rings is 1. The van der Waals surface area contributed by atoms with E-state index in [0.717, 1.165) is 26.1 Å². The molecule has 0 saturated carbocycles. The number of fused-ring (bicyclic) bond motifs is 1. The molecular weight excluding hydrogens is 212 g/mol. The van der Waals surface area contributed by atoms with Gasteiger partial charge in [-0.3, -0.25) is 9.88 Å². The Hall–Kier alpha value is -1.81. The highest BCUT2D eigenvalue weighted by molar-refractivity contribution is 5.19. The van der Waals surface area contributed by atoms with Crippen molar-refractivity contribution in [3.05, 3.63) is 53.9 Å². The fourth-order valence-electron chi connectivity index (χ4n) is 2.19. The molecule has 4 nitrogen and oxygen atoms in total. The lowest BCUT2D eigenvalue weighted by molar-refractivity contribution is 0.241. The van der Waals surface area contributed by atoms with Crippen molar-refractivity contribution >= 4 is 0 Å². The number of hydrogen-bond acceptors (Lipinski definition) is 4. The van der Waals surface area contributed by atoms with Gasteiger partial charge in [0.1, 0.15) is 6.33 Å². The molecule has 2 aromatic heterocycles.